The number of aromatic amines is 1. The van der Waals surface area contributed by atoms with Crippen LogP contribution in [0.3, 0.4) is 0 Å². The highest BCUT2D eigenvalue weighted by atomic mass is 16.5. The van der Waals surface area contributed by atoms with E-state index in [1.165, 1.54) is 6.20 Å². The molecule has 9 heteroatoms. The molecule has 2 aromatic rings. The average molecular weight is 265 g/mol. The number of aromatic hydroxyl groups is 1. The summed E-state index contributed by atoms with van der Waals surface area (Å²) in [5, 5.41) is 21.6. The molecule has 0 fully saturated rings. The summed E-state index contributed by atoms with van der Waals surface area (Å²) in [6, 6.07) is 0. The number of hydrogen-bond donors (Lipinski definition) is 4. The Kier molecular flexibility index (Phi) is 3.46. The Morgan fingerprint density at radius 3 is 2.89 bits per heavy atom. The molecule has 2 rings (SSSR count). The molecule has 0 bridgehead atoms. The van der Waals surface area contributed by atoms with Gasteiger partial charge >= 0.3 is 0 Å². The van der Waals surface area contributed by atoms with Crippen molar-refractivity contribution in [3.63, 3.8) is 0 Å². The van der Waals surface area contributed by atoms with Crippen molar-refractivity contribution in [2.24, 2.45) is 5.73 Å². The van der Waals surface area contributed by atoms with Gasteiger partial charge in [-0.15, -0.1) is 0 Å². The molecule has 2 aromatic heterocycles. The van der Waals surface area contributed by atoms with E-state index in [0.717, 1.165) is 6.20 Å². The number of H-pyrrole nitrogens is 1. The van der Waals surface area contributed by atoms with Gasteiger partial charge in [-0.3, -0.25) is 14.7 Å². The minimum absolute atomic E-state index is 0.0116. The van der Waals surface area contributed by atoms with Crippen LogP contribution in [0.25, 0.3) is 11.5 Å². The Morgan fingerprint density at radius 2 is 2.26 bits per heavy atom. The van der Waals surface area contributed by atoms with Gasteiger partial charge in [0.25, 0.3) is 5.91 Å². The summed E-state index contributed by atoms with van der Waals surface area (Å²) in [5.41, 5.74) is 5.32. The van der Waals surface area contributed by atoms with Gasteiger partial charge < -0.3 is 20.7 Å². The first kappa shape index (κ1) is 12.6. The van der Waals surface area contributed by atoms with Crippen molar-refractivity contribution < 1.29 is 19.2 Å². The number of nitrogens with zero attached hydrogens (tertiary/aromatic N) is 2. The molecule has 2 heterocycles. The molecule has 2 amide bonds. The second-order valence-electron chi connectivity index (χ2n) is 3.67. The highest BCUT2D eigenvalue weighted by Gasteiger charge is 2.20. The van der Waals surface area contributed by atoms with E-state index in [9.17, 15) is 14.7 Å². The van der Waals surface area contributed by atoms with Crippen molar-refractivity contribution in [1.29, 1.82) is 0 Å². The number of nitrogens with one attached hydrogen (secondary N) is 2. The van der Waals surface area contributed by atoms with E-state index in [1.54, 1.807) is 0 Å². The quantitative estimate of drug-likeness (QED) is 0.566. The lowest BCUT2D eigenvalue weighted by atomic mass is 10.2. The van der Waals surface area contributed by atoms with E-state index >= 15 is 0 Å². The molecular formula is C10H11N5O4. The SMILES string of the molecule is NC(=O)CCNC(=O)c1cn[nH]c1-c1oncc1O. The standard InChI is InChI=1S/C10H11N5O4/c11-7(17)1-2-12-10(18)5-3-13-15-8(5)9-6(16)4-14-19-9/h3-4,16H,1-2H2,(H2,11,17)(H,12,18)(H,13,15). The normalized spacial score (nSPS) is 10.3. The topological polar surface area (TPSA) is 147 Å². The third-order valence-corrected chi connectivity index (χ3v) is 2.32. The second-order valence-corrected chi connectivity index (χ2v) is 3.67. The van der Waals surface area contributed by atoms with Crippen LogP contribution in [0.4, 0.5) is 0 Å². The van der Waals surface area contributed by atoms with E-state index < -0.39 is 11.8 Å². The minimum Gasteiger partial charge on any atom is -0.503 e. The number of amides is 2. The summed E-state index contributed by atoms with van der Waals surface area (Å²) in [6.45, 7) is 0.112. The van der Waals surface area contributed by atoms with Gasteiger partial charge in [-0.2, -0.15) is 5.10 Å². The molecule has 0 unspecified atom stereocenters. The Balaban J connectivity index is 2.14. The Hall–Kier alpha value is -2.84. The van der Waals surface area contributed by atoms with E-state index in [2.05, 4.69) is 20.7 Å². The zero-order valence-electron chi connectivity index (χ0n) is 9.71. The molecule has 5 N–H and O–H groups in total. The summed E-state index contributed by atoms with van der Waals surface area (Å²) in [6.07, 6.45) is 2.41. The van der Waals surface area contributed by atoms with Gasteiger partial charge in [0.15, 0.2) is 5.75 Å². The predicted octanol–water partition coefficient (Wildman–Crippen LogP) is -0.625. The monoisotopic (exact) mass is 265 g/mol. The van der Waals surface area contributed by atoms with Crippen molar-refractivity contribution in [1.82, 2.24) is 20.7 Å². The lowest BCUT2D eigenvalue weighted by Crippen LogP contribution is -2.27. The number of primary amides is 1. The second kappa shape index (κ2) is 5.21. The molecule has 0 saturated carbocycles. The maximum atomic E-state index is 11.8. The fourth-order valence-corrected chi connectivity index (χ4v) is 1.43. The Labute approximate surface area is 106 Å². The maximum absolute atomic E-state index is 11.8. The molecule has 0 spiro atoms. The fraction of sp³-hybridized carbons (Fsp3) is 0.200. The molecule has 100 valence electrons. The number of nitrogens with two attached hydrogens (primary N) is 1. The van der Waals surface area contributed by atoms with Gasteiger partial charge in [0.05, 0.1) is 11.8 Å². The van der Waals surface area contributed by atoms with Crippen LogP contribution in [0, 0.1) is 0 Å². The van der Waals surface area contributed by atoms with Crippen molar-refractivity contribution >= 4 is 11.8 Å². The van der Waals surface area contributed by atoms with Crippen LogP contribution in [-0.2, 0) is 4.79 Å². The molecule has 0 aliphatic heterocycles. The van der Waals surface area contributed by atoms with Crippen LogP contribution < -0.4 is 11.1 Å². The predicted molar refractivity (Wildman–Crippen MR) is 61.9 cm³/mol. The molecule has 0 atom stereocenters. The molecule has 0 aliphatic carbocycles. The first-order valence-corrected chi connectivity index (χ1v) is 5.33. The van der Waals surface area contributed by atoms with Crippen molar-refractivity contribution in [2.75, 3.05) is 6.54 Å². The summed E-state index contributed by atoms with van der Waals surface area (Å²) in [5.74, 6) is -1.19. The molecule has 0 radical (unpaired) electrons. The van der Waals surface area contributed by atoms with Crippen molar-refractivity contribution in [3.05, 3.63) is 18.0 Å². The first-order chi connectivity index (χ1) is 9.09. The Morgan fingerprint density at radius 1 is 1.47 bits per heavy atom. The molecule has 19 heavy (non-hydrogen) atoms. The average Bonchev–Trinajstić information content (AvgIpc) is 2.96. The van der Waals surface area contributed by atoms with E-state index in [1.807, 2.05) is 0 Å². The third kappa shape index (κ3) is 2.70. The van der Waals surface area contributed by atoms with Crippen LogP contribution in [-0.4, -0.2) is 38.8 Å². The smallest absolute Gasteiger partial charge is 0.255 e. The Bertz CT molecular complexity index is 603. The van der Waals surface area contributed by atoms with Crippen LogP contribution in [0.15, 0.2) is 16.9 Å². The summed E-state index contributed by atoms with van der Waals surface area (Å²) >= 11 is 0. The number of hydrogen-bond acceptors (Lipinski definition) is 6. The van der Waals surface area contributed by atoms with Gasteiger partial charge in [0.2, 0.25) is 11.7 Å². The number of carbonyl (C=O) groups is 2. The number of rotatable bonds is 5. The van der Waals surface area contributed by atoms with Crippen LogP contribution in [0.2, 0.25) is 0 Å². The zero-order chi connectivity index (χ0) is 13.8. The number of aromatic nitrogens is 3. The molecule has 0 aromatic carbocycles. The van der Waals surface area contributed by atoms with Gasteiger partial charge in [-0.1, -0.05) is 5.16 Å². The van der Waals surface area contributed by atoms with Gasteiger partial charge in [0.1, 0.15) is 11.9 Å². The van der Waals surface area contributed by atoms with Crippen molar-refractivity contribution in [3.8, 4) is 17.2 Å². The van der Waals surface area contributed by atoms with Crippen LogP contribution in [0.5, 0.6) is 5.75 Å². The number of carbonyl (C=O) groups excluding carboxylic acids is 2. The van der Waals surface area contributed by atoms with Crippen LogP contribution in [0.1, 0.15) is 16.8 Å². The third-order valence-electron chi connectivity index (χ3n) is 2.32. The summed E-state index contributed by atoms with van der Waals surface area (Å²) in [7, 11) is 0. The molecule has 0 saturated heterocycles. The summed E-state index contributed by atoms with van der Waals surface area (Å²) < 4.78 is 4.82. The van der Waals surface area contributed by atoms with Crippen LogP contribution >= 0.6 is 0 Å². The molecule has 9 nitrogen and oxygen atoms in total. The lowest BCUT2D eigenvalue weighted by molar-refractivity contribution is -0.117. The molecular weight excluding hydrogens is 254 g/mol. The van der Waals surface area contributed by atoms with Gasteiger partial charge in [-0.25, -0.2) is 0 Å². The highest BCUT2D eigenvalue weighted by molar-refractivity contribution is 5.99. The largest absolute Gasteiger partial charge is 0.503 e. The van der Waals surface area contributed by atoms with Gasteiger partial charge in [-0.05, 0) is 0 Å². The van der Waals surface area contributed by atoms with E-state index in [4.69, 9.17) is 10.3 Å². The fourth-order valence-electron chi connectivity index (χ4n) is 1.43. The van der Waals surface area contributed by atoms with Crippen molar-refractivity contribution in [2.45, 2.75) is 6.42 Å². The minimum atomic E-state index is -0.513. The lowest BCUT2D eigenvalue weighted by Gasteiger charge is -2.02. The molecule has 0 aliphatic rings. The first-order valence-electron chi connectivity index (χ1n) is 5.33. The zero-order valence-corrected chi connectivity index (χ0v) is 9.71. The highest BCUT2D eigenvalue weighted by Crippen LogP contribution is 2.29. The maximum Gasteiger partial charge on any atom is 0.255 e. The summed E-state index contributed by atoms with van der Waals surface area (Å²) in [4.78, 5) is 22.4. The van der Waals surface area contributed by atoms with Gasteiger partial charge in [0, 0.05) is 13.0 Å². The van der Waals surface area contributed by atoms with E-state index in [-0.39, 0.29) is 35.7 Å². The van der Waals surface area contributed by atoms with E-state index in [0.29, 0.717) is 0 Å².